The predicted octanol–water partition coefficient (Wildman–Crippen LogP) is 3.16. The van der Waals surface area contributed by atoms with Crippen molar-refractivity contribution in [3.8, 4) is 11.5 Å². The van der Waals surface area contributed by atoms with Gasteiger partial charge in [-0.1, -0.05) is 18.2 Å². The number of nitrogens with one attached hydrogen (secondary N) is 2. The lowest BCUT2D eigenvalue weighted by atomic mass is 10.2. The van der Waals surface area contributed by atoms with Gasteiger partial charge >= 0.3 is 6.36 Å². The molecule has 0 bridgehead atoms. The van der Waals surface area contributed by atoms with Crippen LogP contribution in [0.25, 0.3) is 0 Å². The number of anilines is 1. The summed E-state index contributed by atoms with van der Waals surface area (Å²) in [5.41, 5.74) is 7.86. The van der Waals surface area contributed by atoms with Crippen LogP contribution in [0, 0.1) is 0 Å². The second-order valence-electron chi connectivity index (χ2n) is 5.96. The summed E-state index contributed by atoms with van der Waals surface area (Å²) in [5.74, 6) is 0.170. The summed E-state index contributed by atoms with van der Waals surface area (Å²) in [6, 6.07) is 10.7. The standard InChI is InChI=1S/C19H21F3N4O3/c1-12(27)26-16-9-14(5-8-17(16)28-2)11-25-18(23)24-10-13-3-6-15(7-4-13)29-19(20,21)22/h3-9H,10-11H2,1-2H3,(H,26,27)(H3,23,24,25). The minimum atomic E-state index is -4.72. The highest BCUT2D eigenvalue weighted by molar-refractivity contribution is 5.90. The molecule has 10 heteroatoms. The van der Waals surface area contributed by atoms with Crippen molar-refractivity contribution in [2.45, 2.75) is 26.4 Å². The monoisotopic (exact) mass is 410 g/mol. The summed E-state index contributed by atoms with van der Waals surface area (Å²) in [6.45, 7) is 1.93. The third-order valence-corrected chi connectivity index (χ3v) is 3.64. The van der Waals surface area contributed by atoms with Gasteiger partial charge in [0, 0.05) is 13.5 Å². The summed E-state index contributed by atoms with van der Waals surface area (Å²) in [4.78, 5) is 15.5. The van der Waals surface area contributed by atoms with Gasteiger partial charge in [0.15, 0.2) is 5.96 Å². The molecule has 0 aliphatic heterocycles. The molecule has 4 N–H and O–H groups in total. The fourth-order valence-electron chi connectivity index (χ4n) is 2.37. The van der Waals surface area contributed by atoms with E-state index in [0.29, 0.717) is 17.0 Å². The number of hydrogen-bond acceptors (Lipinski definition) is 4. The van der Waals surface area contributed by atoms with Gasteiger partial charge in [0.05, 0.1) is 19.3 Å². The van der Waals surface area contributed by atoms with Crippen LogP contribution in [-0.4, -0.2) is 25.3 Å². The lowest BCUT2D eigenvalue weighted by Gasteiger charge is -2.11. The van der Waals surface area contributed by atoms with Crippen LogP contribution in [-0.2, 0) is 17.9 Å². The summed E-state index contributed by atoms with van der Waals surface area (Å²) in [6.07, 6.45) is -4.72. The molecular weight excluding hydrogens is 389 g/mol. The first-order valence-corrected chi connectivity index (χ1v) is 8.49. The SMILES string of the molecule is COc1ccc(CN=C(N)NCc2ccc(OC(F)(F)F)cc2)cc1NC(C)=O. The van der Waals surface area contributed by atoms with Crippen LogP contribution in [0.5, 0.6) is 11.5 Å². The van der Waals surface area contributed by atoms with Crippen molar-refractivity contribution >= 4 is 17.6 Å². The van der Waals surface area contributed by atoms with Gasteiger partial charge < -0.3 is 25.8 Å². The molecule has 0 aromatic heterocycles. The molecule has 0 saturated carbocycles. The molecule has 0 fully saturated rings. The Morgan fingerprint density at radius 2 is 1.79 bits per heavy atom. The molecule has 0 heterocycles. The van der Waals surface area contributed by atoms with Crippen LogP contribution in [0.3, 0.4) is 0 Å². The summed E-state index contributed by atoms with van der Waals surface area (Å²) in [7, 11) is 1.50. The number of carbonyl (C=O) groups is 1. The van der Waals surface area contributed by atoms with Gasteiger partial charge in [0.1, 0.15) is 11.5 Å². The third kappa shape index (κ3) is 7.60. The van der Waals surface area contributed by atoms with Crippen LogP contribution in [0.1, 0.15) is 18.1 Å². The number of nitrogens with zero attached hydrogens (tertiary/aromatic N) is 1. The molecule has 7 nitrogen and oxygen atoms in total. The molecule has 0 aliphatic carbocycles. The second-order valence-corrected chi connectivity index (χ2v) is 5.96. The fraction of sp³-hybridized carbons (Fsp3) is 0.263. The van der Waals surface area contributed by atoms with Crippen LogP contribution < -0.4 is 25.8 Å². The smallest absolute Gasteiger partial charge is 0.495 e. The van der Waals surface area contributed by atoms with Crippen molar-refractivity contribution < 1.29 is 27.4 Å². The van der Waals surface area contributed by atoms with Crippen LogP contribution in [0.2, 0.25) is 0 Å². The van der Waals surface area contributed by atoms with Gasteiger partial charge in [0.2, 0.25) is 5.91 Å². The topological polar surface area (TPSA) is 98.0 Å². The van der Waals surface area contributed by atoms with Gasteiger partial charge in [-0.05, 0) is 35.4 Å². The molecule has 0 atom stereocenters. The van der Waals surface area contributed by atoms with E-state index in [0.717, 1.165) is 5.56 Å². The first-order chi connectivity index (χ1) is 13.7. The van der Waals surface area contributed by atoms with E-state index < -0.39 is 6.36 Å². The fourth-order valence-corrected chi connectivity index (χ4v) is 2.37. The number of nitrogens with two attached hydrogens (primary N) is 1. The number of benzene rings is 2. The average Bonchev–Trinajstić information content (AvgIpc) is 2.64. The van der Waals surface area contributed by atoms with E-state index in [-0.39, 0.29) is 30.7 Å². The zero-order valence-electron chi connectivity index (χ0n) is 15.8. The van der Waals surface area contributed by atoms with E-state index in [2.05, 4.69) is 20.4 Å². The Kier molecular flexibility index (Phi) is 7.29. The lowest BCUT2D eigenvalue weighted by molar-refractivity contribution is -0.274. The molecule has 29 heavy (non-hydrogen) atoms. The van der Waals surface area contributed by atoms with Crippen molar-refractivity contribution in [1.82, 2.24) is 5.32 Å². The van der Waals surface area contributed by atoms with Crippen LogP contribution in [0.4, 0.5) is 18.9 Å². The highest BCUT2D eigenvalue weighted by Crippen LogP contribution is 2.26. The third-order valence-electron chi connectivity index (χ3n) is 3.64. The van der Waals surface area contributed by atoms with Crippen molar-refractivity contribution in [2.24, 2.45) is 10.7 Å². The van der Waals surface area contributed by atoms with E-state index >= 15 is 0 Å². The van der Waals surface area contributed by atoms with Gasteiger partial charge in [0.25, 0.3) is 0 Å². The minimum Gasteiger partial charge on any atom is -0.495 e. The molecule has 0 saturated heterocycles. The Morgan fingerprint density at radius 3 is 2.38 bits per heavy atom. The van der Waals surface area contributed by atoms with E-state index in [1.807, 2.05) is 0 Å². The molecule has 0 radical (unpaired) electrons. The predicted molar refractivity (Wildman–Crippen MR) is 103 cm³/mol. The largest absolute Gasteiger partial charge is 0.573 e. The number of carbonyl (C=O) groups excluding carboxylic acids is 1. The molecular formula is C19H21F3N4O3. The first-order valence-electron chi connectivity index (χ1n) is 8.49. The van der Waals surface area contributed by atoms with E-state index in [1.165, 1.54) is 38.3 Å². The number of hydrogen-bond donors (Lipinski definition) is 3. The second kappa shape index (κ2) is 9.67. The summed E-state index contributed by atoms with van der Waals surface area (Å²) >= 11 is 0. The number of aliphatic imine (C=N–C) groups is 1. The first kappa shape index (κ1) is 21.9. The number of amides is 1. The number of rotatable bonds is 7. The van der Waals surface area contributed by atoms with Gasteiger partial charge in [-0.3, -0.25) is 4.79 Å². The van der Waals surface area contributed by atoms with Gasteiger partial charge in [-0.2, -0.15) is 0 Å². The molecule has 0 unspecified atom stereocenters. The maximum atomic E-state index is 12.2. The molecule has 0 spiro atoms. The molecule has 0 aliphatic rings. The highest BCUT2D eigenvalue weighted by atomic mass is 19.4. The molecule has 2 aromatic carbocycles. The number of alkyl halides is 3. The van der Waals surface area contributed by atoms with Crippen LogP contribution >= 0.6 is 0 Å². The summed E-state index contributed by atoms with van der Waals surface area (Å²) < 4.78 is 45.5. The van der Waals surface area contributed by atoms with E-state index in [1.54, 1.807) is 18.2 Å². The van der Waals surface area contributed by atoms with Crippen molar-refractivity contribution in [1.29, 1.82) is 0 Å². The minimum absolute atomic E-state index is 0.164. The molecule has 2 rings (SSSR count). The molecule has 2 aromatic rings. The number of methoxy groups -OCH3 is 1. The lowest BCUT2D eigenvalue weighted by Crippen LogP contribution is -2.31. The zero-order valence-corrected chi connectivity index (χ0v) is 15.8. The average molecular weight is 410 g/mol. The Morgan fingerprint density at radius 1 is 1.14 bits per heavy atom. The van der Waals surface area contributed by atoms with Crippen molar-refractivity contribution in [2.75, 3.05) is 12.4 Å². The Balaban J connectivity index is 1.92. The molecule has 156 valence electrons. The highest BCUT2D eigenvalue weighted by Gasteiger charge is 2.30. The normalized spacial score (nSPS) is 11.7. The Hall–Kier alpha value is -3.43. The quantitative estimate of drug-likeness (QED) is 0.481. The maximum Gasteiger partial charge on any atom is 0.573 e. The number of ether oxygens (including phenoxy) is 2. The van der Waals surface area contributed by atoms with Gasteiger partial charge in [-0.25, -0.2) is 4.99 Å². The number of guanidine groups is 1. The molecule has 1 amide bonds. The van der Waals surface area contributed by atoms with Crippen molar-refractivity contribution in [3.05, 3.63) is 53.6 Å². The Bertz CT molecular complexity index is 868. The Labute approximate surface area is 165 Å². The van der Waals surface area contributed by atoms with Crippen molar-refractivity contribution in [3.63, 3.8) is 0 Å². The van der Waals surface area contributed by atoms with Crippen LogP contribution in [0.15, 0.2) is 47.5 Å². The zero-order chi connectivity index (χ0) is 21.4. The summed E-state index contributed by atoms with van der Waals surface area (Å²) in [5, 5.41) is 5.55. The van der Waals surface area contributed by atoms with Gasteiger partial charge in [-0.15, -0.1) is 13.2 Å². The van der Waals surface area contributed by atoms with E-state index in [9.17, 15) is 18.0 Å². The van der Waals surface area contributed by atoms with E-state index in [4.69, 9.17) is 10.5 Å². The maximum absolute atomic E-state index is 12.2. The number of halogens is 3.